The molecule has 0 saturated heterocycles. The molecule has 1 aromatic carbocycles. The number of fused-ring (bicyclic) bond motifs is 1. The molecule has 0 atom stereocenters. The van der Waals surface area contributed by atoms with Crippen LogP contribution in [0.25, 0.3) is 10.9 Å². The number of aromatic nitrogens is 3. The van der Waals surface area contributed by atoms with Gasteiger partial charge in [0.25, 0.3) is 0 Å². The molecule has 2 N–H and O–H groups in total. The van der Waals surface area contributed by atoms with Gasteiger partial charge in [-0.1, -0.05) is 6.07 Å². The normalized spacial score (nSPS) is 10.8. The molecule has 0 fully saturated rings. The molecule has 0 aliphatic heterocycles. The van der Waals surface area contributed by atoms with Crippen molar-refractivity contribution in [2.75, 3.05) is 17.7 Å². The van der Waals surface area contributed by atoms with E-state index in [4.69, 9.17) is 5.73 Å². The summed E-state index contributed by atoms with van der Waals surface area (Å²) in [6, 6.07) is 11.7. The molecule has 5 heteroatoms. The topological polar surface area (TPSA) is 67.9 Å². The van der Waals surface area contributed by atoms with Crippen molar-refractivity contribution in [3.8, 4) is 0 Å². The van der Waals surface area contributed by atoms with E-state index in [2.05, 4.69) is 19.9 Å². The summed E-state index contributed by atoms with van der Waals surface area (Å²) < 4.78 is 0. The van der Waals surface area contributed by atoms with Crippen LogP contribution in [0.5, 0.6) is 0 Å². The van der Waals surface area contributed by atoms with Gasteiger partial charge in [0.05, 0.1) is 17.8 Å². The van der Waals surface area contributed by atoms with Crippen molar-refractivity contribution >= 4 is 22.4 Å². The number of nitrogens with zero attached hydrogens (tertiary/aromatic N) is 4. The van der Waals surface area contributed by atoms with Crippen LogP contribution in [0.2, 0.25) is 0 Å². The fraction of sp³-hybridized carbons (Fsp3) is 0.188. The molecular weight excluding hydrogens is 262 g/mol. The maximum Gasteiger partial charge on any atom is 0.139 e. The number of rotatable bonds is 3. The standard InChI is InChI=1S/C16H17N5/c1-11-4-3-5-13(20-11)9-21(2)16-14-7-6-12(17)8-15(14)18-10-19-16/h3-8,10H,9,17H2,1-2H3. The Bertz CT molecular complexity index is 784. The minimum atomic E-state index is 0.693. The first-order valence-electron chi connectivity index (χ1n) is 6.77. The van der Waals surface area contributed by atoms with Crippen molar-refractivity contribution in [2.24, 2.45) is 0 Å². The van der Waals surface area contributed by atoms with Crippen LogP contribution in [0, 0.1) is 6.92 Å². The highest BCUT2D eigenvalue weighted by molar-refractivity contribution is 5.91. The SMILES string of the molecule is Cc1cccc(CN(C)c2ncnc3cc(N)ccc23)n1. The molecule has 0 aliphatic rings. The zero-order valence-electron chi connectivity index (χ0n) is 12.1. The summed E-state index contributed by atoms with van der Waals surface area (Å²) in [5.41, 5.74) is 9.39. The molecule has 2 heterocycles. The van der Waals surface area contributed by atoms with E-state index in [0.29, 0.717) is 12.2 Å². The summed E-state index contributed by atoms with van der Waals surface area (Å²) in [6.07, 6.45) is 1.57. The van der Waals surface area contributed by atoms with Gasteiger partial charge in [-0.3, -0.25) is 4.98 Å². The van der Waals surface area contributed by atoms with Gasteiger partial charge in [0.15, 0.2) is 0 Å². The first-order valence-corrected chi connectivity index (χ1v) is 6.77. The highest BCUT2D eigenvalue weighted by Gasteiger charge is 2.10. The van der Waals surface area contributed by atoms with Crippen molar-refractivity contribution in [1.29, 1.82) is 0 Å². The first-order chi connectivity index (χ1) is 10.1. The molecule has 2 aromatic heterocycles. The number of nitrogens with two attached hydrogens (primary N) is 1. The summed E-state index contributed by atoms with van der Waals surface area (Å²) in [5, 5.41) is 0.988. The van der Waals surface area contributed by atoms with Crippen molar-refractivity contribution < 1.29 is 0 Å². The molecule has 0 radical (unpaired) electrons. The van der Waals surface area contributed by atoms with Crippen LogP contribution in [-0.4, -0.2) is 22.0 Å². The van der Waals surface area contributed by atoms with E-state index in [1.54, 1.807) is 6.33 Å². The fourth-order valence-corrected chi connectivity index (χ4v) is 2.37. The molecule has 0 bridgehead atoms. The number of hydrogen-bond donors (Lipinski definition) is 1. The third-order valence-electron chi connectivity index (χ3n) is 3.35. The van der Waals surface area contributed by atoms with E-state index in [1.165, 1.54) is 0 Å². The van der Waals surface area contributed by atoms with Gasteiger partial charge in [-0.05, 0) is 37.3 Å². The van der Waals surface area contributed by atoms with Gasteiger partial charge < -0.3 is 10.6 Å². The van der Waals surface area contributed by atoms with Crippen LogP contribution in [0.15, 0.2) is 42.7 Å². The molecule has 106 valence electrons. The maximum atomic E-state index is 5.81. The van der Waals surface area contributed by atoms with E-state index in [-0.39, 0.29) is 0 Å². The molecule has 0 amide bonds. The van der Waals surface area contributed by atoms with Crippen LogP contribution < -0.4 is 10.6 Å². The summed E-state index contributed by atoms with van der Waals surface area (Å²) >= 11 is 0. The predicted molar refractivity (Wildman–Crippen MR) is 85.0 cm³/mol. The highest BCUT2D eigenvalue weighted by Crippen LogP contribution is 2.24. The monoisotopic (exact) mass is 279 g/mol. The van der Waals surface area contributed by atoms with Crippen molar-refractivity contribution in [2.45, 2.75) is 13.5 Å². The Hall–Kier alpha value is -2.69. The average molecular weight is 279 g/mol. The van der Waals surface area contributed by atoms with Gasteiger partial charge >= 0.3 is 0 Å². The molecule has 5 nitrogen and oxygen atoms in total. The Balaban J connectivity index is 1.96. The molecule has 0 unspecified atom stereocenters. The lowest BCUT2D eigenvalue weighted by atomic mass is 10.2. The Labute approximate surface area is 123 Å². The Morgan fingerprint density at radius 1 is 1.14 bits per heavy atom. The minimum Gasteiger partial charge on any atom is -0.399 e. The number of pyridine rings is 1. The van der Waals surface area contributed by atoms with E-state index >= 15 is 0 Å². The van der Waals surface area contributed by atoms with Crippen molar-refractivity contribution in [3.63, 3.8) is 0 Å². The second-order valence-corrected chi connectivity index (χ2v) is 5.10. The van der Waals surface area contributed by atoms with Gasteiger partial charge in [-0.15, -0.1) is 0 Å². The summed E-state index contributed by atoms with van der Waals surface area (Å²) in [6.45, 7) is 2.69. The van der Waals surface area contributed by atoms with Gasteiger partial charge in [-0.25, -0.2) is 9.97 Å². The van der Waals surface area contributed by atoms with Gasteiger partial charge in [-0.2, -0.15) is 0 Å². The van der Waals surface area contributed by atoms with Crippen LogP contribution >= 0.6 is 0 Å². The second-order valence-electron chi connectivity index (χ2n) is 5.10. The van der Waals surface area contributed by atoms with E-state index in [0.717, 1.165) is 28.1 Å². The molecular formula is C16H17N5. The quantitative estimate of drug-likeness (QED) is 0.746. The summed E-state index contributed by atoms with van der Waals surface area (Å²) in [7, 11) is 2.00. The predicted octanol–water partition coefficient (Wildman–Crippen LogP) is 2.55. The molecule has 21 heavy (non-hydrogen) atoms. The van der Waals surface area contributed by atoms with Crippen LogP contribution in [0.1, 0.15) is 11.4 Å². The number of nitrogen functional groups attached to an aromatic ring is 1. The lowest BCUT2D eigenvalue weighted by Crippen LogP contribution is -2.19. The smallest absolute Gasteiger partial charge is 0.139 e. The van der Waals surface area contributed by atoms with E-state index in [1.807, 2.05) is 50.4 Å². The Kier molecular flexibility index (Phi) is 3.39. The third-order valence-corrected chi connectivity index (χ3v) is 3.35. The number of hydrogen-bond acceptors (Lipinski definition) is 5. The van der Waals surface area contributed by atoms with Gasteiger partial charge in [0.1, 0.15) is 12.1 Å². The van der Waals surface area contributed by atoms with Crippen LogP contribution in [0.4, 0.5) is 11.5 Å². The molecule has 3 aromatic rings. The van der Waals surface area contributed by atoms with Gasteiger partial charge in [0, 0.05) is 23.8 Å². The maximum absolute atomic E-state index is 5.81. The third kappa shape index (κ3) is 2.76. The Morgan fingerprint density at radius 3 is 2.81 bits per heavy atom. The largest absolute Gasteiger partial charge is 0.399 e. The lowest BCUT2D eigenvalue weighted by molar-refractivity contribution is 0.861. The number of benzene rings is 1. The lowest BCUT2D eigenvalue weighted by Gasteiger charge is -2.19. The van der Waals surface area contributed by atoms with Gasteiger partial charge in [0.2, 0.25) is 0 Å². The van der Waals surface area contributed by atoms with Crippen LogP contribution in [0.3, 0.4) is 0 Å². The minimum absolute atomic E-state index is 0.693. The summed E-state index contributed by atoms with van der Waals surface area (Å²) in [5.74, 6) is 0.878. The van der Waals surface area contributed by atoms with Crippen molar-refractivity contribution in [1.82, 2.24) is 15.0 Å². The molecule has 3 rings (SSSR count). The highest BCUT2D eigenvalue weighted by atomic mass is 15.2. The first kappa shape index (κ1) is 13.3. The molecule has 0 aliphatic carbocycles. The zero-order chi connectivity index (χ0) is 14.8. The second kappa shape index (κ2) is 5.36. The Morgan fingerprint density at radius 2 is 2.00 bits per heavy atom. The fourth-order valence-electron chi connectivity index (χ4n) is 2.37. The van der Waals surface area contributed by atoms with Crippen molar-refractivity contribution in [3.05, 3.63) is 54.1 Å². The zero-order valence-corrected chi connectivity index (χ0v) is 12.1. The number of aryl methyl sites for hydroxylation is 1. The van der Waals surface area contributed by atoms with Crippen LogP contribution in [-0.2, 0) is 6.54 Å². The number of anilines is 2. The molecule has 0 saturated carbocycles. The average Bonchev–Trinajstić information content (AvgIpc) is 2.46. The molecule has 0 spiro atoms. The van der Waals surface area contributed by atoms with E-state index in [9.17, 15) is 0 Å². The van der Waals surface area contributed by atoms with E-state index < -0.39 is 0 Å². The summed E-state index contributed by atoms with van der Waals surface area (Å²) in [4.78, 5) is 15.3.